The van der Waals surface area contributed by atoms with Gasteiger partial charge in [-0.3, -0.25) is 4.79 Å². The molecule has 92 valence electrons. The van der Waals surface area contributed by atoms with Crippen molar-refractivity contribution in [3.63, 3.8) is 0 Å². The zero-order valence-electron chi connectivity index (χ0n) is 10.4. The molecule has 0 bridgehead atoms. The second-order valence-corrected chi connectivity index (χ2v) is 5.32. The van der Waals surface area contributed by atoms with Gasteiger partial charge in [0, 0.05) is 26.1 Å². The van der Waals surface area contributed by atoms with Crippen molar-refractivity contribution < 1.29 is 4.79 Å². The highest BCUT2D eigenvalue weighted by Crippen LogP contribution is 2.21. The average Bonchev–Trinajstić information content (AvgIpc) is 2.22. The van der Waals surface area contributed by atoms with Gasteiger partial charge in [-0.2, -0.15) is 0 Å². The smallest absolute Gasteiger partial charge is 0.219 e. The van der Waals surface area contributed by atoms with Gasteiger partial charge in [0.2, 0.25) is 5.91 Å². The molecule has 1 amide bonds. The fourth-order valence-corrected chi connectivity index (χ4v) is 2.64. The van der Waals surface area contributed by atoms with Crippen LogP contribution in [0.5, 0.6) is 0 Å². The molecule has 0 radical (unpaired) electrons. The zero-order valence-corrected chi connectivity index (χ0v) is 10.4. The molecule has 3 nitrogen and oxygen atoms in total. The number of hydrogen-bond donors (Lipinski definition) is 1. The molecule has 3 heteroatoms. The van der Waals surface area contributed by atoms with E-state index in [1.54, 1.807) is 6.92 Å². The fraction of sp³-hybridized carbons (Fsp3) is 0.923. The van der Waals surface area contributed by atoms with Gasteiger partial charge in [0.05, 0.1) is 0 Å². The predicted octanol–water partition coefficient (Wildman–Crippen LogP) is 1.78. The standard InChI is InChI=1S/C13H24N2O/c1-11(16)15-9-6-12(7-10-15)5-8-14-13-3-2-4-13/h12-14H,2-10H2,1H3. The Balaban J connectivity index is 1.56. The van der Waals surface area contributed by atoms with Gasteiger partial charge in [0.1, 0.15) is 0 Å². The Hall–Kier alpha value is -0.570. The molecule has 2 fully saturated rings. The molecule has 1 aliphatic carbocycles. The van der Waals surface area contributed by atoms with E-state index in [-0.39, 0.29) is 5.91 Å². The monoisotopic (exact) mass is 224 g/mol. The molecule has 1 heterocycles. The van der Waals surface area contributed by atoms with Crippen LogP contribution in [-0.4, -0.2) is 36.5 Å². The Bertz CT molecular complexity index is 230. The van der Waals surface area contributed by atoms with Crippen LogP contribution in [0.2, 0.25) is 0 Å². The molecule has 2 rings (SSSR count). The van der Waals surface area contributed by atoms with Gasteiger partial charge in [-0.15, -0.1) is 0 Å². The Morgan fingerprint density at radius 2 is 1.94 bits per heavy atom. The highest BCUT2D eigenvalue weighted by Gasteiger charge is 2.21. The van der Waals surface area contributed by atoms with Crippen molar-refractivity contribution in [3.05, 3.63) is 0 Å². The van der Waals surface area contributed by atoms with Crippen molar-refractivity contribution >= 4 is 5.91 Å². The molecular formula is C13H24N2O. The van der Waals surface area contributed by atoms with Crippen LogP contribution in [0.3, 0.4) is 0 Å². The van der Waals surface area contributed by atoms with E-state index >= 15 is 0 Å². The molecule has 1 saturated carbocycles. The summed E-state index contributed by atoms with van der Waals surface area (Å²) >= 11 is 0. The van der Waals surface area contributed by atoms with Crippen LogP contribution in [0.1, 0.15) is 45.4 Å². The second kappa shape index (κ2) is 5.67. The first-order valence-electron chi connectivity index (χ1n) is 6.74. The lowest BCUT2D eigenvalue weighted by molar-refractivity contribution is -0.130. The summed E-state index contributed by atoms with van der Waals surface area (Å²) in [6.07, 6.45) is 7.86. The number of nitrogens with one attached hydrogen (secondary N) is 1. The average molecular weight is 224 g/mol. The lowest BCUT2D eigenvalue weighted by Gasteiger charge is -2.32. The van der Waals surface area contributed by atoms with Crippen LogP contribution >= 0.6 is 0 Å². The van der Waals surface area contributed by atoms with Crippen molar-refractivity contribution in [1.82, 2.24) is 10.2 Å². The number of hydrogen-bond acceptors (Lipinski definition) is 2. The number of amides is 1. The summed E-state index contributed by atoms with van der Waals surface area (Å²) in [4.78, 5) is 13.2. The molecule has 1 N–H and O–H groups in total. The van der Waals surface area contributed by atoms with E-state index in [4.69, 9.17) is 0 Å². The number of carbonyl (C=O) groups excluding carboxylic acids is 1. The van der Waals surface area contributed by atoms with E-state index in [0.717, 1.165) is 25.0 Å². The van der Waals surface area contributed by atoms with E-state index in [0.29, 0.717) is 0 Å². The normalized spacial score (nSPS) is 23.2. The number of likely N-dealkylation sites (tertiary alicyclic amines) is 1. The van der Waals surface area contributed by atoms with Gasteiger partial charge in [0.25, 0.3) is 0 Å². The Morgan fingerprint density at radius 3 is 2.44 bits per heavy atom. The fourth-order valence-electron chi connectivity index (χ4n) is 2.64. The maximum Gasteiger partial charge on any atom is 0.219 e. The number of piperidine rings is 1. The van der Waals surface area contributed by atoms with Crippen molar-refractivity contribution in [2.45, 2.75) is 51.5 Å². The second-order valence-electron chi connectivity index (χ2n) is 5.32. The maximum absolute atomic E-state index is 11.2. The molecule has 0 aromatic heterocycles. The highest BCUT2D eigenvalue weighted by atomic mass is 16.2. The SMILES string of the molecule is CC(=O)N1CCC(CCNC2CCC2)CC1. The minimum Gasteiger partial charge on any atom is -0.343 e. The van der Waals surface area contributed by atoms with E-state index in [1.807, 2.05) is 4.90 Å². The van der Waals surface area contributed by atoms with Gasteiger partial charge in [-0.1, -0.05) is 6.42 Å². The first-order valence-corrected chi connectivity index (χ1v) is 6.74. The van der Waals surface area contributed by atoms with Gasteiger partial charge in [-0.05, 0) is 44.6 Å². The van der Waals surface area contributed by atoms with Gasteiger partial charge in [-0.25, -0.2) is 0 Å². The molecule has 0 atom stereocenters. The van der Waals surface area contributed by atoms with Crippen LogP contribution in [0.15, 0.2) is 0 Å². The van der Waals surface area contributed by atoms with E-state index in [2.05, 4.69) is 5.32 Å². The van der Waals surface area contributed by atoms with Crippen LogP contribution in [-0.2, 0) is 4.79 Å². The van der Waals surface area contributed by atoms with Crippen LogP contribution in [0, 0.1) is 5.92 Å². The van der Waals surface area contributed by atoms with Crippen molar-refractivity contribution in [2.75, 3.05) is 19.6 Å². The van der Waals surface area contributed by atoms with Gasteiger partial charge in [0.15, 0.2) is 0 Å². The third kappa shape index (κ3) is 3.21. The Kier molecular flexibility index (Phi) is 4.22. The van der Waals surface area contributed by atoms with Crippen LogP contribution < -0.4 is 5.32 Å². The zero-order chi connectivity index (χ0) is 11.4. The Morgan fingerprint density at radius 1 is 1.25 bits per heavy atom. The summed E-state index contributed by atoms with van der Waals surface area (Å²) in [5.74, 6) is 1.08. The maximum atomic E-state index is 11.2. The minimum atomic E-state index is 0.242. The van der Waals surface area contributed by atoms with Gasteiger partial charge < -0.3 is 10.2 Å². The topological polar surface area (TPSA) is 32.3 Å². The van der Waals surface area contributed by atoms with Crippen molar-refractivity contribution in [2.24, 2.45) is 5.92 Å². The summed E-state index contributed by atoms with van der Waals surface area (Å²) < 4.78 is 0. The molecule has 0 aromatic rings. The molecule has 16 heavy (non-hydrogen) atoms. The quantitative estimate of drug-likeness (QED) is 0.789. The molecule has 1 aliphatic heterocycles. The largest absolute Gasteiger partial charge is 0.343 e. The third-order valence-electron chi connectivity index (χ3n) is 4.15. The first-order chi connectivity index (χ1) is 7.75. The molecule has 0 spiro atoms. The summed E-state index contributed by atoms with van der Waals surface area (Å²) in [5.41, 5.74) is 0. The first kappa shape index (κ1) is 11.9. The van der Waals surface area contributed by atoms with Crippen molar-refractivity contribution in [3.8, 4) is 0 Å². The van der Waals surface area contributed by atoms with Crippen molar-refractivity contribution in [1.29, 1.82) is 0 Å². The molecule has 1 saturated heterocycles. The molecule has 0 unspecified atom stereocenters. The van der Waals surface area contributed by atoms with Crippen LogP contribution in [0.4, 0.5) is 0 Å². The Labute approximate surface area is 98.6 Å². The minimum absolute atomic E-state index is 0.242. The number of carbonyl (C=O) groups is 1. The lowest BCUT2D eigenvalue weighted by Crippen LogP contribution is -2.39. The third-order valence-corrected chi connectivity index (χ3v) is 4.15. The molecule has 0 aromatic carbocycles. The van der Waals surface area contributed by atoms with Gasteiger partial charge >= 0.3 is 0 Å². The summed E-state index contributed by atoms with van der Waals surface area (Å²) in [6.45, 7) is 4.81. The van der Waals surface area contributed by atoms with Crippen LogP contribution in [0.25, 0.3) is 0 Å². The van der Waals surface area contributed by atoms with E-state index in [1.165, 1.54) is 45.1 Å². The number of rotatable bonds is 4. The highest BCUT2D eigenvalue weighted by molar-refractivity contribution is 5.73. The molecular weight excluding hydrogens is 200 g/mol. The van der Waals surface area contributed by atoms with E-state index < -0.39 is 0 Å². The van der Waals surface area contributed by atoms with E-state index in [9.17, 15) is 4.79 Å². The summed E-state index contributed by atoms with van der Waals surface area (Å²) in [6, 6.07) is 0.817. The predicted molar refractivity (Wildman–Crippen MR) is 65.2 cm³/mol. The summed E-state index contributed by atoms with van der Waals surface area (Å²) in [7, 11) is 0. The summed E-state index contributed by atoms with van der Waals surface area (Å²) in [5, 5.41) is 3.62. The number of nitrogens with zero attached hydrogens (tertiary/aromatic N) is 1. The lowest BCUT2D eigenvalue weighted by atomic mass is 9.91. The molecule has 2 aliphatic rings.